The van der Waals surface area contributed by atoms with Crippen LogP contribution in [0.1, 0.15) is 36.4 Å². The molecule has 0 aliphatic heterocycles. The first-order chi connectivity index (χ1) is 13.4. The summed E-state index contributed by atoms with van der Waals surface area (Å²) in [6.45, 7) is 10.9. The second-order valence-corrected chi connectivity index (χ2v) is 7.40. The number of aliphatic imine (C=N–C) groups is 1. The topological polar surface area (TPSA) is 63.5 Å². The molecule has 1 heterocycles. The van der Waals surface area contributed by atoms with Gasteiger partial charge in [-0.1, -0.05) is 23.7 Å². The van der Waals surface area contributed by atoms with Crippen LogP contribution >= 0.6 is 11.6 Å². The van der Waals surface area contributed by atoms with Crippen LogP contribution in [0.4, 0.5) is 0 Å². The number of aryl methyl sites for hydroxylation is 2. The largest absolute Gasteiger partial charge is 0.375 e. The Bertz CT molecular complexity index is 770. The lowest BCUT2D eigenvalue weighted by atomic mass is 10.1. The van der Waals surface area contributed by atoms with Crippen LogP contribution in [0, 0.1) is 13.8 Å². The Morgan fingerprint density at radius 3 is 2.61 bits per heavy atom. The van der Waals surface area contributed by atoms with Crippen LogP contribution in [0.2, 0.25) is 5.02 Å². The first-order valence-corrected chi connectivity index (χ1v) is 10.1. The van der Waals surface area contributed by atoms with Crippen molar-refractivity contribution in [3.8, 4) is 0 Å². The van der Waals surface area contributed by atoms with Crippen molar-refractivity contribution >= 4 is 17.6 Å². The maximum Gasteiger partial charge on any atom is 0.191 e. The number of ether oxygens (including phenoxy) is 1. The quantitative estimate of drug-likeness (QED) is 0.381. The summed E-state index contributed by atoms with van der Waals surface area (Å²) in [4.78, 5) is 4.62. The molecule has 154 valence electrons. The monoisotopic (exact) mass is 405 g/mol. The zero-order chi connectivity index (χ0) is 20.5. The average molecular weight is 406 g/mol. The summed E-state index contributed by atoms with van der Waals surface area (Å²) < 4.78 is 7.65. The van der Waals surface area contributed by atoms with E-state index in [0.717, 1.165) is 35.2 Å². The molecule has 2 rings (SSSR count). The van der Waals surface area contributed by atoms with Crippen LogP contribution in [-0.4, -0.2) is 41.5 Å². The minimum absolute atomic E-state index is 0.245. The zero-order valence-corrected chi connectivity index (χ0v) is 18.3. The number of benzene rings is 1. The van der Waals surface area contributed by atoms with E-state index in [0.29, 0.717) is 19.8 Å². The van der Waals surface area contributed by atoms with Crippen molar-refractivity contribution in [2.24, 2.45) is 12.0 Å². The number of rotatable bonds is 9. The van der Waals surface area contributed by atoms with E-state index < -0.39 is 0 Å². The van der Waals surface area contributed by atoms with Gasteiger partial charge < -0.3 is 15.4 Å². The first-order valence-electron chi connectivity index (χ1n) is 9.76. The van der Waals surface area contributed by atoms with E-state index in [1.807, 2.05) is 36.0 Å². The fraction of sp³-hybridized carbons (Fsp3) is 0.524. The van der Waals surface area contributed by atoms with Crippen molar-refractivity contribution in [1.29, 1.82) is 0 Å². The summed E-state index contributed by atoms with van der Waals surface area (Å²) in [5.41, 5.74) is 4.70. The van der Waals surface area contributed by atoms with Gasteiger partial charge in [0, 0.05) is 30.4 Å². The molecule has 0 aliphatic rings. The molecule has 0 bridgehead atoms. The lowest BCUT2D eigenvalue weighted by Gasteiger charge is -2.18. The number of hydrogen-bond acceptors (Lipinski definition) is 3. The molecule has 0 saturated heterocycles. The molecule has 0 fully saturated rings. The van der Waals surface area contributed by atoms with E-state index in [1.54, 1.807) is 0 Å². The third kappa shape index (κ3) is 6.84. The number of guanidine groups is 1. The van der Waals surface area contributed by atoms with Gasteiger partial charge in [0.1, 0.15) is 0 Å². The minimum Gasteiger partial charge on any atom is -0.375 e. The fourth-order valence-electron chi connectivity index (χ4n) is 3.02. The van der Waals surface area contributed by atoms with Crippen molar-refractivity contribution in [3.63, 3.8) is 0 Å². The molecule has 0 aliphatic carbocycles. The predicted molar refractivity (Wildman–Crippen MR) is 116 cm³/mol. The molecule has 1 aromatic heterocycles. The lowest BCUT2D eigenvalue weighted by Crippen LogP contribution is -2.43. The van der Waals surface area contributed by atoms with E-state index in [2.05, 4.69) is 48.4 Å². The minimum atomic E-state index is 0.245. The number of nitrogens with one attached hydrogen (secondary N) is 2. The summed E-state index contributed by atoms with van der Waals surface area (Å²) >= 11 is 5.89. The van der Waals surface area contributed by atoms with Crippen LogP contribution in [0.3, 0.4) is 0 Å². The number of aromatic nitrogens is 2. The van der Waals surface area contributed by atoms with E-state index in [9.17, 15) is 0 Å². The highest BCUT2D eigenvalue weighted by Crippen LogP contribution is 2.14. The molecular formula is C21H32ClN5O. The fourth-order valence-corrected chi connectivity index (χ4v) is 3.14. The predicted octanol–water partition coefficient (Wildman–Crippen LogP) is 3.39. The van der Waals surface area contributed by atoms with E-state index in [1.165, 1.54) is 11.3 Å². The van der Waals surface area contributed by atoms with Gasteiger partial charge >= 0.3 is 0 Å². The smallest absolute Gasteiger partial charge is 0.191 e. The van der Waals surface area contributed by atoms with Crippen LogP contribution in [0.25, 0.3) is 0 Å². The molecule has 7 heteroatoms. The van der Waals surface area contributed by atoms with Crippen molar-refractivity contribution in [1.82, 2.24) is 20.4 Å². The summed E-state index contributed by atoms with van der Waals surface area (Å²) in [7, 11) is 1.99. The van der Waals surface area contributed by atoms with Crippen molar-refractivity contribution in [2.75, 3.05) is 19.7 Å². The Labute approximate surface area is 173 Å². The van der Waals surface area contributed by atoms with Crippen molar-refractivity contribution in [2.45, 2.75) is 46.8 Å². The molecule has 0 amide bonds. The molecule has 0 spiro atoms. The number of halogens is 1. The molecule has 0 saturated carbocycles. The highest BCUT2D eigenvalue weighted by Gasteiger charge is 2.13. The molecule has 1 unspecified atom stereocenters. The van der Waals surface area contributed by atoms with Gasteiger partial charge in [0.15, 0.2) is 5.96 Å². The van der Waals surface area contributed by atoms with Gasteiger partial charge in [-0.05, 0) is 57.4 Å². The van der Waals surface area contributed by atoms with E-state index in [-0.39, 0.29) is 6.04 Å². The van der Waals surface area contributed by atoms with E-state index >= 15 is 0 Å². The average Bonchev–Trinajstić information content (AvgIpc) is 2.89. The van der Waals surface area contributed by atoms with Gasteiger partial charge in [-0.2, -0.15) is 5.10 Å². The molecule has 1 aromatic carbocycles. The lowest BCUT2D eigenvalue weighted by molar-refractivity contribution is 0.128. The van der Waals surface area contributed by atoms with Gasteiger partial charge in [0.2, 0.25) is 0 Å². The number of hydrogen-bond donors (Lipinski definition) is 2. The maximum absolute atomic E-state index is 5.89. The van der Waals surface area contributed by atoms with Crippen LogP contribution in [-0.2, 0) is 24.8 Å². The standard InChI is InChI=1S/C21H32ClN5O/c1-6-23-21(24-11-12-28-14-18-7-9-19(22)10-8-18)25-15(2)13-20-16(3)26-27(5)17(20)4/h7-10,15H,6,11-14H2,1-5H3,(H2,23,24,25). The Kier molecular flexibility index (Phi) is 8.80. The van der Waals surface area contributed by atoms with Gasteiger partial charge in [0.25, 0.3) is 0 Å². The number of nitrogens with zero attached hydrogens (tertiary/aromatic N) is 3. The highest BCUT2D eigenvalue weighted by molar-refractivity contribution is 6.30. The SMILES string of the molecule is CCNC(=NCCOCc1ccc(Cl)cc1)NC(C)Cc1c(C)nn(C)c1C. The Balaban J connectivity index is 1.81. The van der Waals surface area contributed by atoms with Crippen LogP contribution in [0.5, 0.6) is 0 Å². The summed E-state index contributed by atoms with van der Waals surface area (Å²) in [5, 5.41) is 12.0. The molecule has 0 radical (unpaired) electrons. The second-order valence-electron chi connectivity index (χ2n) is 6.96. The molecule has 2 N–H and O–H groups in total. The molecule has 6 nitrogen and oxygen atoms in total. The van der Waals surface area contributed by atoms with Gasteiger partial charge in [-0.15, -0.1) is 0 Å². The van der Waals surface area contributed by atoms with Crippen molar-refractivity contribution < 1.29 is 4.74 Å². The Morgan fingerprint density at radius 1 is 1.29 bits per heavy atom. The van der Waals surface area contributed by atoms with Gasteiger partial charge in [0.05, 0.1) is 25.5 Å². The third-order valence-electron chi connectivity index (χ3n) is 4.58. The summed E-state index contributed by atoms with van der Waals surface area (Å²) in [6, 6.07) is 7.94. The third-order valence-corrected chi connectivity index (χ3v) is 4.84. The highest BCUT2D eigenvalue weighted by atomic mass is 35.5. The normalized spacial score (nSPS) is 12.9. The molecule has 2 aromatic rings. The van der Waals surface area contributed by atoms with Gasteiger partial charge in [-0.25, -0.2) is 0 Å². The summed E-state index contributed by atoms with van der Waals surface area (Å²) in [6.07, 6.45) is 0.906. The first kappa shape index (κ1) is 22.2. The van der Waals surface area contributed by atoms with Crippen LogP contribution in [0.15, 0.2) is 29.3 Å². The molecular weight excluding hydrogens is 374 g/mol. The molecule has 28 heavy (non-hydrogen) atoms. The maximum atomic E-state index is 5.89. The second kappa shape index (κ2) is 11.1. The van der Waals surface area contributed by atoms with Crippen LogP contribution < -0.4 is 10.6 Å². The Morgan fingerprint density at radius 2 is 2.00 bits per heavy atom. The zero-order valence-electron chi connectivity index (χ0n) is 17.6. The van der Waals surface area contributed by atoms with E-state index in [4.69, 9.17) is 16.3 Å². The summed E-state index contributed by atoms with van der Waals surface area (Å²) in [5.74, 6) is 0.810. The molecule has 1 atom stereocenters. The van der Waals surface area contributed by atoms with Gasteiger partial charge in [-0.3, -0.25) is 9.67 Å². The Hall–Kier alpha value is -2.05. The van der Waals surface area contributed by atoms with Crippen molar-refractivity contribution in [3.05, 3.63) is 51.8 Å².